The van der Waals surface area contributed by atoms with Gasteiger partial charge in [0.15, 0.2) is 0 Å². The molecule has 2 heterocycles. The van der Waals surface area contributed by atoms with Gasteiger partial charge in [0.05, 0.1) is 12.2 Å². The third-order valence-electron chi connectivity index (χ3n) is 4.89. The lowest BCUT2D eigenvalue weighted by Gasteiger charge is -2.38. The van der Waals surface area contributed by atoms with Crippen molar-refractivity contribution in [1.29, 1.82) is 0 Å². The van der Waals surface area contributed by atoms with Gasteiger partial charge in [-0.3, -0.25) is 4.79 Å². The second kappa shape index (κ2) is 8.32. The van der Waals surface area contributed by atoms with E-state index in [0.717, 1.165) is 24.2 Å². The first kappa shape index (κ1) is 18.4. The van der Waals surface area contributed by atoms with Gasteiger partial charge in [0.1, 0.15) is 5.82 Å². The van der Waals surface area contributed by atoms with Crippen molar-refractivity contribution in [2.24, 2.45) is 5.92 Å². The number of aromatic nitrogens is 1. The molecule has 1 aliphatic heterocycles. The molecule has 1 aliphatic rings. The van der Waals surface area contributed by atoms with E-state index in [4.69, 9.17) is 4.74 Å². The summed E-state index contributed by atoms with van der Waals surface area (Å²) in [4.78, 5) is 17.0. The molecular formula is C21H27N3O2. The molecule has 1 aromatic carbocycles. The van der Waals surface area contributed by atoms with Gasteiger partial charge in [-0.15, -0.1) is 0 Å². The number of hydrogen-bond donors (Lipinski definition) is 2. The van der Waals surface area contributed by atoms with Gasteiger partial charge < -0.3 is 15.4 Å². The Balaban J connectivity index is 1.79. The second-order valence-corrected chi connectivity index (χ2v) is 7.11. The Bertz CT molecular complexity index is 733. The molecule has 0 spiro atoms. The van der Waals surface area contributed by atoms with E-state index in [-0.39, 0.29) is 24.2 Å². The van der Waals surface area contributed by atoms with Gasteiger partial charge in [-0.25, -0.2) is 4.98 Å². The Hall–Kier alpha value is -2.40. The number of anilines is 1. The zero-order chi connectivity index (χ0) is 18.5. The van der Waals surface area contributed by atoms with E-state index in [1.165, 1.54) is 0 Å². The monoisotopic (exact) mass is 353 g/mol. The molecule has 0 aliphatic carbocycles. The zero-order valence-electron chi connectivity index (χ0n) is 15.6. The molecule has 1 aromatic heterocycles. The van der Waals surface area contributed by atoms with Crippen LogP contribution in [0.2, 0.25) is 0 Å². The first-order valence-electron chi connectivity index (χ1n) is 9.22. The number of ether oxygens (including phenoxy) is 1. The maximum absolute atomic E-state index is 12.6. The molecule has 3 rings (SSSR count). The van der Waals surface area contributed by atoms with Crippen LogP contribution in [-0.2, 0) is 4.74 Å². The van der Waals surface area contributed by atoms with Crippen LogP contribution in [0.25, 0.3) is 0 Å². The Morgan fingerprint density at radius 3 is 2.62 bits per heavy atom. The first-order chi connectivity index (χ1) is 12.6. The average molecular weight is 353 g/mol. The number of nitrogens with one attached hydrogen (secondary N) is 2. The fraction of sp³-hybridized carbons (Fsp3) is 0.429. The summed E-state index contributed by atoms with van der Waals surface area (Å²) in [7, 11) is 1.86. The molecule has 0 unspecified atom stereocenters. The van der Waals surface area contributed by atoms with Crippen LogP contribution in [0.3, 0.4) is 0 Å². The molecule has 5 heteroatoms. The fourth-order valence-corrected chi connectivity index (χ4v) is 3.45. The van der Waals surface area contributed by atoms with Crippen LogP contribution in [0.1, 0.15) is 48.7 Å². The summed E-state index contributed by atoms with van der Waals surface area (Å²) in [5.41, 5.74) is 1.73. The highest BCUT2D eigenvalue weighted by Gasteiger charge is 2.34. The molecule has 1 amide bonds. The van der Waals surface area contributed by atoms with E-state index >= 15 is 0 Å². The molecule has 26 heavy (non-hydrogen) atoms. The van der Waals surface area contributed by atoms with Crippen LogP contribution in [-0.4, -0.2) is 30.1 Å². The number of amides is 1. The van der Waals surface area contributed by atoms with Gasteiger partial charge in [0.2, 0.25) is 0 Å². The van der Waals surface area contributed by atoms with Crippen molar-refractivity contribution in [3.8, 4) is 0 Å². The van der Waals surface area contributed by atoms with Crippen LogP contribution in [0.5, 0.6) is 0 Å². The smallest absolute Gasteiger partial charge is 0.251 e. The number of benzene rings is 1. The molecule has 5 nitrogen and oxygen atoms in total. The van der Waals surface area contributed by atoms with E-state index in [1.807, 2.05) is 49.5 Å². The largest absolute Gasteiger partial charge is 0.373 e. The quantitative estimate of drug-likeness (QED) is 0.858. The van der Waals surface area contributed by atoms with Crippen molar-refractivity contribution in [2.75, 3.05) is 12.4 Å². The molecule has 0 radical (unpaired) electrons. The number of carbonyl (C=O) groups excluding carboxylic acids is 1. The van der Waals surface area contributed by atoms with Crippen LogP contribution in [0, 0.1) is 5.92 Å². The number of nitrogens with zero attached hydrogens (tertiary/aromatic N) is 1. The minimum atomic E-state index is -0.0895. The predicted molar refractivity (Wildman–Crippen MR) is 103 cm³/mol. The highest BCUT2D eigenvalue weighted by Crippen LogP contribution is 2.36. The molecule has 2 aromatic rings. The third-order valence-corrected chi connectivity index (χ3v) is 4.89. The molecule has 2 N–H and O–H groups in total. The topological polar surface area (TPSA) is 63.2 Å². The summed E-state index contributed by atoms with van der Waals surface area (Å²) in [6.45, 7) is 4.32. The molecular weight excluding hydrogens is 326 g/mol. The molecule has 0 saturated carbocycles. The second-order valence-electron chi connectivity index (χ2n) is 7.11. The molecule has 0 bridgehead atoms. The van der Waals surface area contributed by atoms with Crippen LogP contribution < -0.4 is 10.6 Å². The maximum atomic E-state index is 12.6. The highest BCUT2D eigenvalue weighted by atomic mass is 16.5. The summed E-state index contributed by atoms with van der Waals surface area (Å²) in [5.74, 6) is 1.18. The van der Waals surface area contributed by atoms with Crippen molar-refractivity contribution in [3.05, 3.63) is 59.8 Å². The lowest BCUT2D eigenvalue weighted by atomic mass is 9.89. The minimum absolute atomic E-state index is 0.0289. The molecule has 1 saturated heterocycles. The van der Waals surface area contributed by atoms with Crippen molar-refractivity contribution < 1.29 is 9.53 Å². The van der Waals surface area contributed by atoms with Gasteiger partial charge >= 0.3 is 0 Å². The molecule has 3 atom stereocenters. The summed E-state index contributed by atoms with van der Waals surface area (Å²) < 4.78 is 6.36. The minimum Gasteiger partial charge on any atom is -0.373 e. The summed E-state index contributed by atoms with van der Waals surface area (Å²) in [6.07, 6.45) is 3.34. The van der Waals surface area contributed by atoms with Crippen molar-refractivity contribution in [3.63, 3.8) is 0 Å². The lowest BCUT2D eigenvalue weighted by molar-refractivity contribution is -0.0821. The summed E-state index contributed by atoms with van der Waals surface area (Å²) in [5, 5.41) is 6.34. The first-order valence-corrected chi connectivity index (χ1v) is 9.22. The van der Waals surface area contributed by atoms with Crippen LogP contribution in [0.4, 0.5) is 5.82 Å². The van der Waals surface area contributed by atoms with E-state index in [1.54, 1.807) is 6.20 Å². The standard InChI is InChI=1S/C21H27N3O2/c1-14(2)18-12-16(24-21(25)15-8-5-4-6-9-15)13-19(26-18)17-10-7-11-23-20(17)22-3/h4-11,14,16,18-19H,12-13H2,1-3H3,(H,22,23)(H,24,25)/t16-,18-,19+/m1/s1. The number of hydrogen-bond acceptors (Lipinski definition) is 4. The van der Waals surface area contributed by atoms with Gasteiger partial charge in [0, 0.05) is 30.4 Å². The number of rotatable bonds is 5. The maximum Gasteiger partial charge on any atom is 0.251 e. The van der Waals surface area contributed by atoms with Gasteiger partial charge in [-0.1, -0.05) is 38.1 Å². The Kier molecular flexibility index (Phi) is 5.89. The average Bonchev–Trinajstić information content (AvgIpc) is 2.68. The fourth-order valence-electron chi connectivity index (χ4n) is 3.45. The number of carbonyl (C=O) groups is 1. The third kappa shape index (κ3) is 4.22. The SMILES string of the molecule is CNc1ncccc1[C@@H]1C[C@H](NC(=O)c2ccccc2)C[C@H](C(C)C)O1. The Morgan fingerprint density at radius 1 is 1.15 bits per heavy atom. The van der Waals surface area contributed by atoms with Gasteiger partial charge in [0.25, 0.3) is 5.91 Å². The molecule has 138 valence electrons. The van der Waals surface area contributed by atoms with E-state index in [9.17, 15) is 4.79 Å². The van der Waals surface area contributed by atoms with E-state index < -0.39 is 0 Å². The van der Waals surface area contributed by atoms with Crippen LogP contribution in [0.15, 0.2) is 48.7 Å². The zero-order valence-corrected chi connectivity index (χ0v) is 15.6. The highest BCUT2D eigenvalue weighted by molar-refractivity contribution is 5.94. The lowest BCUT2D eigenvalue weighted by Crippen LogP contribution is -2.44. The van der Waals surface area contributed by atoms with Crippen molar-refractivity contribution in [1.82, 2.24) is 10.3 Å². The van der Waals surface area contributed by atoms with Crippen molar-refractivity contribution in [2.45, 2.75) is 44.9 Å². The Labute approximate surface area is 155 Å². The van der Waals surface area contributed by atoms with E-state index in [0.29, 0.717) is 11.5 Å². The predicted octanol–water partition coefficient (Wildman–Crippen LogP) is 3.80. The summed E-state index contributed by atoms with van der Waals surface area (Å²) >= 11 is 0. The van der Waals surface area contributed by atoms with Crippen molar-refractivity contribution >= 4 is 11.7 Å². The van der Waals surface area contributed by atoms with Crippen LogP contribution >= 0.6 is 0 Å². The number of pyridine rings is 1. The van der Waals surface area contributed by atoms with E-state index in [2.05, 4.69) is 29.5 Å². The van der Waals surface area contributed by atoms with Gasteiger partial charge in [-0.05, 0) is 37.0 Å². The Morgan fingerprint density at radius 2 is 1.92 bits per heavy atom. The normalized spacial score (nSPS) is 22.8. The van der Waals surface area contributed by atoms with Gasteiger partial charge in [-0.2, -0.15) is 0 Å². The molecule has 1 fully saturated rings. The summed E-state index contributed by atoms with van der Waals surface area (Å²) in [6, 6.07) is 13.4.